The van der Waals surface area contributed by atoms with Gasteiger partial charge in [0.15, 0.2) is 0 Å². The first kappa shape index (κ1) is 14.4. The molecule has 1 aromatic rings. The summed E-state index contributed by atoms with van der Waals surface area (Å²) >= 11 is 0. The standard InChI is InChI=1S/C16H26N2O/c1-3-19-14-10-6-5-9-13(14)15(18-17)16(2)11-7-4-8-12-16/h5-6,9-10,15,18H,3-4,7-8,11-12,17H2,1-2H3. The lowest BCUT2D eigenvalue weighted by molar-refractivity contribution is 0.142. The van der Waals surface area contributed by atoms with Crippen molar-refractivity contribution in [1.29, 1.82) is 0 Å². The quantitative estimate of drug-likeness (QED) is 0.630. The van der Waals surface area contributed by atoms with E-state index in [9.17, 15) is 0 Å². The highest BCUT2D eigenvalue weighted by atomic mass is 16.5. The van der Waals surface area contributed by atoms with E-state index in [1.165, 1.54) is 37.7 Å². The van der Waals surface area contributed by atoms with Crippen LogP contribution in [-0.2, 0) is 0 Å². The Bertz CT molecular complexity index is 399. The van der Waals surface area contributed by atoms with Crippen LogP contribution in [0.4, 0.5) is 0 Å². The summed E-state index contributed by atoms with van der Waals surface area (Å²) in [6.07, 6.45) is 6.39. The van der Waals surface area contributed by atoms with E-state index in [1.54, 1.807) is 0 Å². The van der Waals surface area contributed by atoms with Crippen molar-refractivity contribution in [1.82, 2.24) is 5.43 Å². The zero-order valence-corrected chi connectivity index (χ0v) is 12.1. The van der Waals surface area contributed by atoms with Gasteiger partial charge in [-0.25, -0.2) is 0 Å². The largest absolute Gasteiger partial charge is 0.494 e. The summed E-state index contributed by atoms with van der Waals surface area (Å²) in [5.41, 5.74) is 4.46. The highest BCUT2D eigenvalue weighted by molar-refractivity contribution is 5.37. The Balaban J connectivity index is 2.30. The molecule has 0 spiro atoms. The zero-order chi connectivity index (χ0) is 13.7. The van der Waals surface area contributed by atoms with Gasteiger partial charge < -0.3 is 4.74 Å². The maximum absolute atomic E-state index is 5.88. The molecule has 0 saturated heterocycles. The molecule has 1 unspecified atom stereocenters. The van der Waals surface area contributed by atoms with Gasteiger partial charge in [-0.05, 0) is 31.2 Å². The number of hydrazine groups is 1. The van der Waals surface area contributed by atoms with Crippen LogP contribution in [0.3, 0.4) is 0 Å². The Morgan fingerprint density at radius 3 is 2.58 bits per heavy atom. The molecule has 106 valence electrons. The number of para-hydroxylation sites is 1. The van der Waals surface area contributed by atoms with Gasteiger partial charge in [-0.2, -0.15) is 0 Å². The number of benzene rings is 1. The van der Waals surface area contributed by atoms with E-state index in [0.29, 0.717) is 6.61 Å². The fourth-order valence-electron chi connectivity index (χ4n) is 3.32. The zero-order valence-electron chi connectivity index (χ0n) is 12.1. The Morgan fingerprint density at radius 1 is 1.26 bits per heavy atom. The normalized spacial score (nSPS) is 19.9. The van der Waals surface area contributed by atoms with Gasteiger partial charge >= 0.3 is 0 Å². The third-order valence-electron chi connectivity index (χ3n) is 4.39. The maximum Gasteiger partial charge on any atom is 0.124 e. The molecule has 1 aromatic carbocycles. The molecule has 0 amide bonds. The first-order valence-corrected chi connectivity index (χ1v) is 7.39. The molecule has 19 heavy (non-hydrogen) atoms. The van der Waals surface area contributed by atoms with Gasteiger partial charge in [-0.1, -0.05) is 44.4 Å². The summed E-state index contributed by atoms with van der Waals surface area (Å²) in [5, 5.41) is 0. The summed E-state index contributed by atoms with van der Waals surface area (Å²) in [4.78, 5) is 0. The predicted molar refractivity (Wildman–Crippen MR) is 78.9 cm³/mol. The molecule has 1 aliphatic rings. The van der Waals surface area contributed by atoms with E-state index in [1.807, 2.05) is 19.1 Å². The van der Waals surface area contributed by atoms with Gasteiger partial charge in [-0.15, -0.1) is 0 Å². The molecule has 3 nitrogen and oxygen atoms in total. The Hall–Kier alpha value is -1.06. The van der Waals surface area contributed by atoms with Crippen LogP contribution >= 0.6 is 0 Å². The van der Waals surface area contributed by atoms with Gasteiger partial charge in [0.05, 0.1) is 12.6 Å². The van der Waals surface area contributed by atoms with E-state index < -0.39 is 0 Å². The molecule has 3 heteroatoms. The van der Waals surface area contributed by atoms with Crippen LogP contribution in [0.25, 0.3) is 0 Å². The SMILES string of the molecule is CCOc1ccccc1C(NN)C1(C)CCCCC1. The van der Waals surface area contributed by atoms with Crippen LogP contribution in [0, 0.1) is 5.41 Å². The second kappa shape index (κ2) is 6.40. The number of nitrogens with two attached hydrogens (primary N) is 1. The van der Waals surface area contributed by atoms with E-state index in [2.05, 4.69) is 24.5 Å². The van der Waals surface area contributed by atoms with Gasteiger partial charge in [0.1, 0.15) is 5.75 Å². The van der Waals surface area contributed by atoms with E-state index >= 15 is 0 Å². The van der Waals surface area contributed by atoms with E-state index in [-0.39, 0.29) is 11.5 Å². The number of ether oxygens (including phenoxy) is 1. The summed E-state index contributed by atoms with van der Waals surface area (Å²) < 4.78 is 5.76. The Labute approximate surface area is 116 Å². The Morgan fingerprint density at radius 2 is 1.95 bits per heavy atom. The van der Waals surface area contributed by atoms with Crippen molar-refractivity contribution in [3.63, 3.8) is 0 Å². The summed E-state index contributed by atoms with van der Waals surface area (Å²) in [6, 6.07) is 8.42. The molecular formula is C16H26N2O. The fourth-order valence-corrected chi connectivity index (χ4v) is 3.32. The summed E-state index contributed by atoms with van der Waals surface area (Å²) in [7, 11) is 0. The molecule has 0 bridgehead atoms. The molecule has 1 saturated carbocycles. The minimum Gasteiger partial charge on any atom is -0.494 e. The lowest BCUT2D eigenvalue weighted by atomic mass is 9.68. The van der Waals surface area contributed by atoms with Crippen molar-refractivity contribution < 1.29 is 4.74 Å². The second-order valence-corrected chi connectivity index (χ2v) is 5.79. The van der Waals surface area contributed by atoms with Crippen molar-refractivity contribution in [2.24, 2.45) is 11.3 Å². The first-order chi connectivity index (χ1) is 9.21. The van der Waals surface area contributed by atoms with Crippen LogP contribution in [0.15, 0.2) is 24.3 Å². The number of hydrogen-bond donors (Lipinski definition) is 2. The van der Waals surface area contributed by atoms with Gasteiger partial charge in [-0.3, -0.25) is 11.3 Å². The van der Waals surface area contributed by atoms with Crippen LogP contribution in [0.5, 0.6) is 5.75 Å². The molecular weight excluding hydrogens is 236 g/mol. The number of nitrogens with one attached hydrogen (secondary N) is 1. The van der Waals surface area contributed by atoms with E-state index in [0.717, 1.165) is 5.75 Å². The number of hydrogen-bond acceptors (Lipinski definition) is 3. The molecule has 3 N–H and O–H groups in total. The molecule has 1 fully saturated rings. The van der Waals surface area contributed by atoms with Gasteiger partial charge in [0, 0.05) is 5.56 Å². The van der Waals surface area contributed by atoms with Crippen molar-refractivity contribution in [3.05, 3.63) is 29.8 Å². The average molecular weight is 262 g/mol. The number of rotatable bonds is 5. The Kier molecular flexibility index (Phi) is 4.83. The monoisotopic (exact) mass is 262 g/mol. The second-order valence-electron chi connectivity index (χ2n) is 5.79. The lowest BCUT2D eigenvalue weighted by Gasteiger charge is -2.41. The van der Waals surface area contributed by atoms with Crippen molar-refractivity contribution >= 4 is 0 Å². The summed E-state index contributed by atoms with van der Waals surface area (Å²) in [6.45, 7) is 5.05. The highest BCUT2D eigenvalue weighted by Gasteiger charge is 2.37. The fraction of sp³-hybridized carbons (Fsp3) is 0.625. The van der Waals surface area contributed by atoms with Crippen molar-refractivity contribution in [3.8, 4) is 5.75 Å². The summed E-state index contributed by atoms with van der Waals surface area (Å²) in [5.74, 6) is 6.84. The topological polar surface area (TPSA) is 47.3 Å². The highest BCUT2D eigenvalue weighted by Crippen LogP contribution is 2.47. The first-order valence-electron chi connectivity index (χ1n) is 7.39. The smallest absolute Gasteiger partial charge is 0.124 e. The van der Waals surface area contributed by atoms with Crippen LogP contribution in [0.1, 0.15) is 57.6 Å². The minimum atomic E-state index is 0.163. The van der Waals surface area contributed by atoms with Crippen LogP contribution in [0.2, 0.25) is 0 Å². The molecule has 1 aliphatic carbocycles. The molecule has 1 atom stereocenters. The molecule has 0 aromatic heterocycles. The predicted octanol–water partition coefficient (Wildman–Crippen LogP) is 3.56. The maximum atomic E-state index is 5.88. The van der Waals surface area contributed by atoms with E-state index in [4.69, 9.17) is 10.6 Å². The average Bonchev–Trinajstić information content (AvgIpc) is 2.42. The van der Waals surface area contributed by atoms with Gasteiger partial charge in [0.2, 0.25) is 0 Å². The van der Waals surface area contributed by atoms with Crippen LogP contribution < -0.4 is 16.0 Å². The molecule has 2 rings (SSSR count). The third-order valence-corrected chi connectivity index (χ3v) is 4.39. The van der Waals surface area contributed by atoms with Crippen LogP contribution in [-0.4, -0.2) is 6.61 Å². The molecule has 0 radical (unpaired) electrons. The lowest BCUT2D eigenvalue weighted by Crippen LogP contribution is -2.41. The van der Waals surface area contributed by atoms with Crippen molar-refractivity contribution in [2.75, 3.05) is 6.61 Å². The van der Waals surface area contributed by atoms with Gasteiger partial charge in [0.25, 0.3) is 0 Å². The third kappa shape index (κ3) is 3.10. The molecule has 0 heterocycles. The minimum absolute atomic E-state index is 0.163. The molecule has 0 aliphatic heterocycles. The van der Waals surface area contributed by atoms with Crippen molar-refractivity contribution in [2.45, 2.75) is 52.0 Å².